The number of nitrogens with one attached hydrogen (secondary N) is 1. The second-order valence-corrected chi connectivity index (χ2v) is 3.95. The first kappa shape index (κ1) is 11.0. The van der Waals surface area contributed by atoms with Crippen LogP contribution in [0.2, 0.25) is 0 Å². The first-order valence-electron chi connectivity index (χ1n) is 5.19. The molecule has 1 unspecified atom stereocenters. The highest BCUT2D eigenvalue weighted by Gasteiger charge is 2.14. The van der Waals surface area contributed by atoms with Crippen LogP contribution >= 0.6 is 0 Å². The van der Waals surface area contributed by atoms with Crippen molar-refractivity contribution in [3.05, 3.63) is 0 Å². The van der Waals surface area contributed by atoms with E-state index >= 15 is 0 Å². The second-order valence-electron chi connectivity index (χ2n) is 3.95. The van der Waals surface area contributed by atoms with Crippen LogP contribution in [0.15, 0.2) is 0 Å². The van der Waals surface area contributed by atoms with Crippen LogP contribution in [0.4, 0.5) is 0 Å². The molecule has 3 heteroatoms. The maximum absolute atomic E-state index is 5.60. The molecule has 1 saturated heterocycles. The van der Waals surface area contributed by atoms with Crippen molar-refractivity contribution in [1.82, 2.24) is 5.32 Å². The predicted molar refractivity (Wildman–Crippen MR) is 52.9 cm³/mol. The van der Waals surface area contributed by atoms with Gasteiger partial charge in [0.25, 0.3) is 0 Å². The van der Waals surface area contributed by atoms with Gasteiger partial charge >= 0.3 is 0 Å². The molecule has 0 radical (unpaired) electrons. The van der Waals surface area contributed by atoms with Gasteiger partial charge in [-0.05, 0) is 18.9 Å². The lowest BCUT2D eigenvalue weighted by atomic mass is 10.2. The molecule has 1 rings (SSSR count). The monoisotopic (exact) mass is 187 g/mol. The van der Waals surface area contributed by atoms with E-state index in [0.29, 0.717) is 6.10 Å². The zero-order valence-electron chi connectivity index (χ0n) is 8.71. The number of ether oxygens (including phenoxy) is 2. The van der Waals surface area contributed by atoms with Crippen LogP contribution in [0.25, 0.3) is 0 Å². The molecule has 1 atom stereocenters. The molecule has 0 saturated carbocycles. The van der Waals surface area contributed by atoms with Gasteiger partial charge in [-0.25, -0.2) is 0 Å². The molecule has 1 aliphatic rings. The van der Waals surface area contributed by atoms with Gasteiger partial charge in [0.15, 0.2) is 0 Å². The number of rotatable bonds is 6. The van der Waals surface area contributed by atoms with Gasteiger partial charge in [-0.2, -0.15) is 0 Å². The van der Waals surface area contributed by atoms with Gasteiger partial charge < -0.3 is 14.8 Å². The Morgan fingerprint density at radius 3 is 3.00 bits per heavy atom. The zero-order valence-corrected chi connectivity index (χ0v) is 8.71. The molecule has 1 heterocycles. The third-order valence-corrected chi connectivity index (χ3v) is 2.07. The lowest BCUT2D eigenvalue weighted by Gasteiger charge is -2.11. The summed E-state index contributed by atoms with van der Waals surface area (Å²) in [5.41, 5.74) is 0. The van der Waals surface area contributed by atoms with E-state index in [2.05, 4.69) is 19.2 Å². The fraction of sp³-hybridized carbons (Fsp3) is 1.00. The van der Waals surface area contributed by atoms with E-state index in [1.807, 2.05) is 0 Å². The zero-order chi connectivity index (χ0) is 9.52. The number of hydrogen-bond acceptors (Lipinski definition) is 3. The third kappa shape index (κ3) is 5.24. The van der Waals surface area contributed by atoms with E-state index in [1.54, 1.807) is 0 Å². The van der Waals surface area contributed by atoms with Gasteiger partial charge in [0.05, 0.1) is 19.3 Å². The first-order valence-corrected chi connectivity index (χ1v) is 5.19. The molecular weight excluding hydrogens is 166 g/mol. The van der Waals surface area contributed by atoms with Crippen molar-refractivity contribution in [2.45, 2.75) is 26.4 Å². The van der Waals surface area contributed by atoms with Gasteiger partial charge in [-0.3, -0.25) is 0 Å². The highest BCUT2D eigenvalue weighted by molar-refractivity contribution is 4.63. The average molecular weight is 187 g/mol. The molecule has 1 fully saturated rings. The van der Waals surface area contributed by atoms with Gasteiger partial charge in [-0.1, -0.05) is 13.8 Å². The van der Waals surface area contributed by atoms with Gasteiger partial charge in [0, 0.05) is 13.2 Å². The summed E-state index contributed by atoms with van der Waals surface area (Å²) in [6.45, 7) is 8.89. The molecule has 13 heavy (non-hydrogen) atoms. The summed E-state index contributed by atoms with van der Waals surface area (Å²) in [6.07, 6.45) is 1.41. The lowest BCUT2D eigenvalue weighted by Crippen LogP contribution is -2.26. The van der Waals surface area contributed by atoms with Crippen molar-refractivity contribution >= 4 is 0 Å². The van der Waals surface area contributed by atoms with E-state index < -0.39 is 0 Å². The van der Waals surface area contributed by atoms with Crippen molar-refractivity contribution in [3.8, 4) is 0 Å². The van der Waals surface area contributed by atoms with Crippen LogP contribution in [0, 0.1) is 5.92 Å². The third-order valence-electron chi connectivity index (χ3n) is 2.07. The van der Waals surface area contributed by atoms with Crippen LogP contribution in [-0.4, -0.2) is 39.0 Å². The summed E-state index contributed by atoms with van der Waals surface area (Å²) in [6, 6.07) is 0. The second kappa shape index (κ2) is 6.35. The molecule has 0 amide bonds. The largest absolute Gasteiger partial charge is 0.379 e. The van der Waals surface area contributed by atoms with E-state index in [9.17, 15) is 0 Å². The van der Waals surface area contributed by atoms with Gasteiger partial charge in [0.2, 0.25) is 0 Å². The fourth-order valence-electron chi connectivity index (χ4n) is 1.33. The molecule has 1 aliphatic heterocycles. The molecule has 78 valence electrons. The Labute approximate surface area is 80.8 Å². The van der Waals surface area contributed by atoms with Crippen molar-refractivity contribution in [2.24, 2.45) is 5.92 Å². The van der Waals surface area contributed by atoms with Crippen molar-refractivity contribution in [3.63, 3.8) is 0 Å². The van der Waals surface area contributed by atoms with E-state index in [0.717, 1.165) is 45.2 Å². The van der Waals surface area contributed by atoms with Crippen LogP contribution in [0.1, 0.15) is 20.3 Å². The fourth-order valence-corrected chi connectivity index (χ4v) is 1.33. The van der Waals surface area contributed by atoms with Crippen LogP contribution in [-0.2, 0) is 9.47 Å². The maximum Gasteiger partial charge on any atom is 0.0831 e. The molecule has 0 aromatic rings. The summed E-state index contributed by atoms with van der Waals surface area (Å²) >= 11 is 0. The Balaban J connectivity index is 1.83. The normalized spacial score (nSPS) is 22.8. The minimum Gasteiger partial charge on any atom is -0.379 e. The molecule has 3 nitrogen and oxygen atoms in total. The Kier molecular flexibility index (Phi) is 5.35. The van der Waals surface area contributed by atoms with Gasteiger partial charge in [-0.15, -0.1) is 0 Å². The SMILES string of the molecule is CC(C)CNCCOC1CCOC1. The standard InChI is InChI=1S/C10H21NO2/c1-9(2)7-11-4-6-13-10-3-5-12-8-10/h9-11H,3-8H2,1-2H3. The van der Waals surface area contributed by atoms with Crippen molar-refractivity contribution in [1.29, 1.82) is 0 Å². The lowest BCUT2D eigenvalue weighted by molar-refractivity contribution is 0.0443. The predicted octanol–water partition coefficient (Wildman–Crippen LogP) is 1.04. The highest BCUT2D eigenvalue weighted by Crippen LogP contribution is 2.06. The van der Waals surface area contributed by atoms with Crippen LogP contribution < -0.4 is 5.32 Å². The minimum absolute atomic E-state index is 0.348. The van der Waals surface area contributed by atoms with Gasteiger partial charge in [0.1, 0.15) is 0 Å². The van der Waals surface area contributed by atoms with Crippen molar-refractivity contribution < 1.29 is 9.47 Å². The Hall–Kier alpha value is -0.120. The molecule has 0 aromatic heterocycles. The maximum atomic E-state index is 5.60. The Bertz CT molecular complexity index is 122. The topological polar surface area (TPSA) is 30.5 Å². The highest BCUT2D eigenvalue weighted by atomic mass is 16.5. The molecular formula is C10H21NO2. The summed E-state index contributed by atoms with van der Waals surface area (Å²) in [5, 5.41) is 3.34. The molecule has 0 aliphatic carbocycles. The van der Waals surface area contributed by atoms with E-state index in [4.69, 9.17) is 9.47 Å². The summed E-state index contributed by atoms with van der Waals surface area (Å²) in [5.74, 6) is 0.717. The van der Waals surface area contributed by atoms with E-state index in [1.165, 1.54) is 0 Å². The average Bonchev–Trinajstić information content (AvgIpc) is 2.55. The summed E-state index contributed by atoms with van der Waals surface area (Å²) in [7, 11) is 0. The van der Waals surface area contributed by atoms with E-state index in [-0.39, 0.29) is 0 Å². The van der Waals surface area contributed by atoms with Crippen molar-refractivity contribution in [2.75, 3.05) is 32.9 Å². The number of hydrogen-bond donors (Lipinski definition) is 1. The Morgan fingerprint density at radius 1 is 1.54 bits per heavy atom. The first-order chi connectivity index (χ1) is 6.29. The molecule has 0 bridgehead atoms. The summed E-state index contributed by atoms with van der Waals surface area (Å²) < 4.78 is 10.8. The quantitative estimate of drug-likeness (QED) is 0.630. The molecule has 0 spiro atoms. The molecule has 0 aromatic carbocycles. The Morgan fingerprint density at radius 2 is 2.38 bits per heavy atom. The molecule has 1 N–H and O–H groups in total. The van der Waals surface area contributed by atoms with Crippen LogP contribution in [0.3, 0.4) is 0 Å². The summed E-state index contributed by atoms with van der Waals surface area (Å²) in [4.78, 5) is 0. The minimum atomic E-state index is 0.348. The smallest absolute Gasteiger partial charge is 0.0831 e. The van der Waals surface area contributed by atoms with Crippen LogP contribution in [0.5, 0.6) is 0 Å².